The number of aromatic nitrogens is 2. The number of rotatable bonds is 3. The fourth-order valence-electron chi connectivity index (χ4n) is 3.80. The Kier molecular flexibility index (Phi) is 4.00. The van der Waals surface area contributed by atoms with Gasteiger partial charge in [-0.2, -0.15) is 5.26 Å². The van der Waals surface area contributed by atoms with Gasteiger partial charge >= 0.3 is 0 Å². The quantitative estimate of drug-likeness (QED) is 0.372. The van der Waals surface area contributed by atoms with Crippen molar-refractivity contribution in [1.82, 2.24) is 9.38 Å². The van der Waals surface area contributed by atoms with E-state index in [4.69, 9.17) is 15.0 Å². The van der Waals surface area contributed by atoms with Crippen molar-refractivity contribution in [3.8, 4) is 23.1 Å². The molecule has 5 aromatic rings. The molecule has 3 heterocycles. The van der Waals surface area contributed by atoms with Gasteiger partial charge in [-0.05, 0) is 60.2 Å². The summed E-state index contributed by atoms with van der Waals surface area (Å²) in [5.74, 6) is 0.819. The second kappa shape index (κ2) is 6.81. The minimum atomic E-state index is 0.819. The van der Waals surface area contributed by atoms with Crippen LogP contribution in [0, 0.1) is 11.3 Å². The normalized spacial score (nSPS) is 11.4. The van der Waals surface area contributed by atoms with Crippen molar-refractivity contribution < 1.29 is 4.74 Å². The fraction of sp³-hybridized carbons (Fsp3) is 0.0400. The first-order chi connectivity index (χ1) is 14.3. The number of allylic oxidation sites excluding steroid dienone is 1. The topological polar surface area (TPSA) is 50.3 Å². The van der Waals surface area contributed by atoms with E-state index in [1.807, 2.05) is 66.9 Å². The molecule has 0 saturated carbocycles. The van der Waals surface area contributed by atoms with Gasteiger partial charge in [-0.15, -0.1) is 0 Å². The van der Waals surface area contributed by atoms with Crippen LogP contribution in [-0.4, -0.2) is 16.5 Å². The smallest absolute Gasteiger partial charge is 0.118 e. The van der Waals surface area contributed by atoms with Crippen LogP contribution in [0.3, 0.4) is 0 Å². The van der Waals surface area contributed by atoms with Gasteiger partial charge in [0, 0.05) is 34.1 Å². The largest absolute Gasteiger partial charge is 0.497 e. The molecule has 0 amide bonds. The van der Waals surface area contributed by atoms with Crippen LogP contribution >= 0.6 is 0 Å². The third-order valence-electron chi connectivity index (χ3n) is 5.16. The number of nitrogens with zero attached hydrogens (tertiary/aromatic N) is 3. The van der Waals surface area contributed by atoms with Gasteiger partial charge in [0.25, 0.3) is 0 Å². The van der Waals surface area contributed by atoms with Gasteiger partial charge in [0.15, 0.2) is 0 Å². The van der Waals surface area contributed by atoms with Gasteiger partial charge in [-0.1, -0.05) is 18.2 Å². The van der Waals surface area contributed by atoms with E-state index in [-0.39, 0.29) is 0 Å². The van der Waals surface area contributed by atoms with Gasteiger partial charge in [0.1, 0.15) is 5.75 Å². The summed E-state index contributed by atoms with van der Waals surface area (Å²) in [5.41, 5.74) is 6.06. The molecular formula is C25H17N3O. The number of benzene rings is 2. The standard InChI is InChI=1S/C25H17N3O/c1-29-20-10-8-18(9-11-20)24-25-22(21-6-2-3-7-23(21)27-24)16-19-15-17(5-4-13-26)12-14-28(19)25/h2-12,14-16H,1H3/b5-4+. The number of hydrogen-bond donors (Lipinski definition) is 0. The molecule has 3 aromatic heterocycles. The first-order valence-electron chi connectivity index (χ1n) is 9.32. The first kappa shape index (κ1) is 17.0. The molecule has 0 spiro atoms. The van der Waals surface area contributed by atoms with Crippen LogP contribution in [0.5, 0.6) is 5.75 Å². The summed E-state index contributed by atoms with van der Waals surface area (Å²) in [7, 11) is 1.67. The molecule has 0 saturated heterocycles. The summed E-state index contributed by atoms with van der Waals surface area (Å²) in [4.78, 5) is 5.00. The summed E-state index contributed by atoms with van der Waals surface area (Å²) < 4.78 is 7.47. The van der Waals surface area contributed by atoms with Crippen LogP contribution in [0.15, 0.2) is 79.0 Å². The predicted molar refractivity (Wildman–Crippen MR) is 117 cm³/mol. The Balaban J connectivity index is 1.87. The van der Waals surface area contributed by atoms with Crippen molar-refractivity contribution in [3.63, 3.8) is 0 Å². The molecule has 0 atom stereocenters. The minimum absolute atomic E-state index is 0.819. The SMILES string of the molecule is COc1ccc(-c2nc3ccccc3c3cc4cc(/C=C/C#N)ccn4c23)cc1. The van der Waals surface area contributed by atoms with Crippen LogP contribution < -0.4 is 4.74 Å². The van der Waals surface area contributed by atoms with Crippen LogP contribution in [0.4, 0.5) is 0 Å². The number of pyridine rings is 2. The van der Waals surface area contributed by atoms with Crippen molar-refractivity contribution in [2.75, 3.05) is 7.11 Å². The molecule has 4 heteroatoms. The van der Waals surface area contributed by atoms with E-state index < -0.39 is 0 Å². The number of hydrogen-bond acceptors (Lipinski definition) is 3. The Labute approximate surface area is 167 Å². The van der Waals surface area contributed by atoms with E-state index in [2.05, 4.69) is 22.6 Å². The third-order valence-corrected chi connectivity index (χ3v) is 5.16. The van der Waals surface area contributed by atoms with E-state index in [1.54, 1.807) is 7.11 Å². The number of fused-ring (bicyclic) bond motifs is 5. The lowest BCUT2D eigenvalue weighted by atomic mass is 10.1. The summed E-state index contributed by atoms with van der Waals surface area (Å²) in [6.45, 7) is 0. The number of para-hydroxylation sites is 1. The van der Waals surface area contributed by atoms with Crippen molar-refractivity contribution in [2.24, 2.45) is 0 Å². The van der Waals surface area contributed by atoms with Gasteiger partial charge in [0.2, 0.25) is 0 Å². The molecule has 0 aliphatic carbocycles. The van der Waals surface area contributed by atoms with Crippen LogP contribution in [0.2, 0.25) is 0 Å². The Morgan fingerprint density at radius 3 is 2.62 bits per heavy atom. The summed E-state index contributed by atoms with van der Waals surface area (Å²) >= 11 is 0. The Bertz CT molecular complexity index is 1440. The fourth-order valence-corrected chi connectivity index (χ4v) is 3.80. The molecule has 0 bridgehead atoms. The Hall–Kier alpha value is -4.10. The maximum absolute atomic E-state index is 8.81. The second-order valence-corrected chi connectivity index (χ2v) is 6.83. The van der Waals surface area contributed by atoms with Crippen molar-refractivity contribution >= 4 is 33.4 Å². The highest BCUT2D eigenvalue weighted by molar-refractivity contribution is 6.12. The van der Waals surface area contributed by atoms with Crippen molar-refractivity contribution in [1.29, 1.82) is 5.26 Å². The van der Waals surface area contributed by atoms with Crippen molar-refractivity contribution in [2.45, 2.75) is 0 Å². The molecule has 29 heavy (non-hydrogen) atoms. The lowest BCUT2D eigenvalue weighted by Gasteiger charge is -2.09. The molecule has 5 rings (SSSR count). The van der Waals surface area contributed by atoms with Gasteiger partial charge in [-0.3, -0.25) is 0 Å². The highest BCUT2D eigenvalue weighted by Gasteiger charge is 2.15. The molecule has 0 unspecified atom stereocenters. The first-order valence-corrected chi connectivity index (χ1v) is 9.32. The van der Waals surface area contributed by atoms with Gasteiger partial charge in [-0.25, -0.2) is 4.98 Å². The van der Waals surface area contributed by atoms with Gasteiger partial charge < -0.3 is 9.14 Å². The Morgan fingerprint density at radius 1 is 1.00 bits per heavy atom. The zero-order chi connectivity index (χ0) is 19.8. The molecule has 0 fully saturated rings. The third kappa shape index (κ3) is 2.81. The average molecular weight is 375 g/mol. The molecule has 0 radical (unpaired) electrons. The van der Waals surface area contributed by atoms with Crippen LogP contribution in [-0.2, 0) is 0 Å². The van der Waals surface area contributed by atoms with E-state index in [1.165, 1.54) is 6.08 Å². The number of ether oxygens (including phenoxy) is 1. The van der Waals surface area contributed by atoms with Crippen molar-refractivity contribution in [3.05, 3.63) is 84.6 Å². The van der Waals surface area contributed by atoms with E-state index in [9.17, 15) is 0 Å². The molecule has 2 aromatic carbocycles. The maximum Gasteiger partial charge on any atom is 0.118 e. The predicted octanol–water partition coefficient (Wildman–Crippen LogP) is 5.85. The van der Waals surface area contributed by atoms with Gasteiger partial charge in [0.05, 0.1) is 29.9 Å². The molecular weight excluding hydrogens is 358 g/mol. The van der Waals surface area contributed by atoms with Crippen LogP contribution in [0.1, 0.15) is 5.56 Å². The minimum Gasteiger partial charge on any atom is -0.497 e. The molecule has 0 N–H and O–H groups in total. The van der Waals surface area contributed by atoms with E-state index in [0.717, 1.165) is 49.9 Å². The summed E-state index contributed by atoms with van der Waals surface area (Å²) in [6.07, 6.45) is 5.35. The summed E-state index contributed by atoms with van der Waals surface area (Å²) in [5, 5.41) is 11.1. The summed E-state index contributed by atoms with van der Waals surface area (Å²) in [6, 6.07) is 24.5. The zero-order valence-corrected chi connectivity index (χ0v) is 15.8. The zero-order valence-electron chi connectivity index (χ0n) is 15.8. The highest BCUT2D eigenvalue weighted by atomic mass is 16.5. The number of methoxy groups -OCH3 is 1. The molecule has 0 aliphatic heterocycles. The van der Waals surface area contributed by atoms with E-state index in [0.29, 0.717) is 0 Å². The lowest BCUT2D eigenvalue weighted by molar-refractivity contribution is 0.415. The molecule has 0 aliphatic rings. The highest BCUT2D eigenvalue weighted by Crippen LogP contribution is 2.35. The van der Waals surface area contributed by atoms with E-state index >= 15 is 0 Å². The lowest BCUT2D eigenvalue weighted by Crippen LogP contribution is -1.92. The molecule has 4 nitrogen and oxygen atoms in total. The maximum atomic E-state index is 8.81. The monoisotopic (exact) mass is 375 g/mol. The average Bonchev–Trinajstić information content (AvgIpc) is 3.16. The Morgan fingerprint density at radius 2 is 1.83 bits per heavy atom. The van der Waals surface area contributed by atoms with Crippen LogP contribution in [0.25, 0.3) is 44.7 Å². The number of nitriles is 1. The second-order valence-electron chi connectivity index (χ2n) is 6.83. The molecule has 138 valence electrons.